The number of hydrogen-bond donors (Lipinski definition) is 3. The van der Waals surface area contributed by atoms with Crippen molar-refractivity contribution in [3.8, 4) is 5.75 Å². The van der Waals surface area contributed by atoms with Crippen LogP contribution >= 0.6 is 12.2 Å². The van der Waals surface area contributed by atoms with Gasteiger partial charge < -0.3 is 16.2 Å². The fourth-order valence-corrected chi connectivity index (χ4v) is 2.78. The molecule has 0 aliphatic heterocycles. The van der Waals surface area contributed by atoms with Gasteiger partial charge in [-0.15, -0.1) is 0 Å². The third kappa shape index (κ3) is 2.71. The summed E-state index contributed by atoms with van der Waals surface area (Å²) in [5.74, 6) is -0.352. The normalized spacial score (nSPS) is 17.1. The van der Waals surface area contributed by atoms with Crippen molar-refractivity contribution in [3.05, 3.63) is 29.3 Å². The first kappa shape index (κ1) is 13.8. The van der Waals surface area contributed by atoms with E-state index in [2.05, 4.69) is 5.32 Å². The average molecular weight is 278 g/mol. The summed E-state index contributed by atoms with van der Waals surface area (Å²) in [5.41, 5.74) is 6.37. The van der Waals surface area contributed by atoms with Crippen molar-refractivity contribution >= 4 is 23.1 Å². The first-order valence-electron chi connectivity index (χ1n) is 6.37. The summed E-state index contributed by atoms with van der Waals surface area (Å²) in [7, 11) is 0. The second kappa shape index (κ2) is 5.17. The highest BCUT2D eigenvalue weighted by Crippen LogP contribution is 2.31. The number of nitrogens with two attached hydrogens (primary N) is 1. The van der Waals surface area contributed by atoms with E-state index >= 15 is 0 Å². The molecule has 102 valence electrons. The van der Waals surface area contributed by atoms with Crippen LogP contribution in [0.1, 0.15) is 41.6 Å². The summed E-state index contributed by atoms with van der Waals surface area (Å²) >= 11 is 5.10. The van der Waals surface area contributed by atoms with Gasteiger partial charge in [0.15, 0.2) is 0 Å². The molecule has 1 aromatic carbocycles. The molecule has 0 spiro atoms. The molecule has 19 heavy (non-hydrogen) atoms. The Morgan fingerprint density at radius 3 is 2.63 bits per heavy atom. The number of benzene rings is 1. The van der Waals surface area contributed by atoms with E-state index in [4.69, 9.17) is 18.0 Å². The minimum atomic E-state index is -0.595. The van der Waals surface area contributed by atoms with Gasteiger partial charge in [0, 0.05) is 0 Å². The van der Waals surface area contributed by atoms with Crippen molar-refractivity contribution in [2.75, 3.05) is 0 Å². The largest absolute Gasteiger partial charge is 0.507 e. The Balaban J connectivity index is 2.25. The number of carbonyl (C=O) groups excluding carboxylic acids is 1. The number of carbonyl (C=O) groups is 1. The number of aryl methyl sites for hydroxylation is 1. The fraction of sp³-hybridized carbons (Fsp3) is 0.429. The summed E-state index contributed by atoms with van der Waals surface area (Å²) in [6, 6.07) is 4.93. The van der Waals surface area contributed by atoms with Crippen LogP contribution in [0, 0.1) is 6.92 Å². The van der Waals surface area contributed by atoms with Gasteiger partial charge in [0.1, 0.15) is 5.75 Å². The van der Waals surface area contributed by atoms with Crippen LogP contribution in [-0.4, -0.2) is 21.5 Å². The summed E-state index contributed by atoms with van der Waals surface area (Å²) in [6.45, 7) is 1.87. The average Bonchev–Trinajstić information content (AvgIpc) is 2.82. The van der Waals surface area contributed by atoms with Crippen molar-refractivity contribution in [2.24, 2.45) is 5.73 Å². The molecule has 1 aromatic rings. The Morgan fingerprint density at radius 1 is 1.42 bits per heavy atom. The van der Waals surface area contributed by atoms with Crippen LogP contribution in [0.15, 0.2) is 18.2 Å². The molecule has 1 aliphatic carbocycles. The fourth-order valence-electron chi connectivity index (χ4n) is 2.53. The number of amides is 1. The standard InChI is InChI=1S/C14H18N2O2S/c1-9-4-5-11(17)10(8-9)12(18)16-14(13(15)19)6-2-3-7-14/h4-5,8,17H,2-3,6-7H2,1H3,(H2,15,19)(H,16,18). The van der Waals surface area contributed by atoms with E-state index in [1.54, 1.807) is 12.1 Å². The van der Waals surface area contributed by atoms with Gasteiger partial charge in [-0.2, -0.15) is 0 Å². The molecule has 4 nitrogen and oxygen atoms in total. The Kier molecular flexibility index (Phi) is 3.75. The number of phenols is 1. The van der Waals surface area contributed by atoms with Crippen molar-refractivity contribution < 1.29 is 9.90 Å². The van der Waals surface area contributed by atoms with Gasteiger partial charge in [-0.25, -0.2) is 0 Å². The number of rotatable bonds is 3. The van der Waals surface area contributed by atoms with Crippen LogP contribution in [0.4, 0.5) is 0 Å². The predicted octanol–water partition coefficient (Wildman–Crippen LogP) is 2.03. The highest BCUT2D eigenvalue weighted by Gasteiger charge is 2.38. The Hall–Kier alpha value is -1.62. The minimum Gasteiger partial charge on any atom is -0.507 e. The molecule has 0 saturated heterocycles. The molecule has 0 heterocycles. The lowest BCUT2D eigenvalue weighted by Gasteiger charge is -2.29. The number of thiocarbonyl (C=S) groups is 1. The topological polar surface area (TPSA) is 75.3 Å². The van der Waals surface area contributed by atoms with Crippen molar-refractivity contribution in [1.29, 1.82) is 0 Å². The number of hydrogen-bond acceptors (Lipinski definition) is 3. The van der Waals surface area contributed by atoms with Crippen LogP contribution in [0.25, 0.3) is 0 Å². The van der Waals surface area contributed by atoms with E-state index in [1.807, 2.05) is 6.92 Å². The maximum Gasteiger partial charge on any atom is 0.255 e. The lowest BCUT2D eigenvalue weighted by Crippen LogP contribution is -2.54. The molecule has 0 aromatic heterocycles. The Morgan fingerprint density at radius 2 is 2.05 bits per heavy atom. The van der Waals surface area contributed by atoms with Crippen LogP contribution in [0.2, 0.25) is 0 Å². The number of nitrogens with one attached hydrogen (secondary N) is 1. The summed E-state index contributed by atoms with van der Waals surface area (Å²) in [6.07, 6.45) is 3.52. The highest BCUT2D eigenvalue weighted by molar-refractivity contribution is 7.80. The predicted molar refractivity (Wildman–Crippen MR) is 78.3 cm³/mol. The minimum absolute atomic E-state index is 0.0285. The second-order valence-electron chi connectivity index (χ2n) is 5.13. The quantitative estimate of drug-likeness (QED) is 0.740. The van der Waals surface area contributed by atoms with Gasteiger partial charge in [-0.3, -0.25) is 4.79 Å². The van der Waals surface area contributed by atoms with E-state index in [0.29, 0.717) is 4.99 Å². The second-order valence-corrected chi connectivity index (χ2v) is 5.57. The van der Waals surface area contributed by atoms with E-state index in [1.165, 1.54) is 6.07 Å². The van der Waals surface area contributed by atoms with Gasteiger partial charge in [0.25, 0.3) is 5.91 Å². The van der Waals surface area contributed by atoms with Gasteiger partial charge >= 0.3 is 0 Å². The molecule has 5 heteroatoms. The molecule has 1 saturated carbocycles. The summed E-state index contributed by atoms with van der Waals surface area (Å²) in [4.78, 5) is 12.6. The van der Waals surface area contributed by atoms with Crippen molar-refractivity contribution in [2.45, 2.75) is 38.1 Å². The molecule has 2 rings (SSSR count). The number of phenolic OH excluding ortho intramolecular Hbond substituents is 1. The smallest absolute Gasteiger partial charge is 0.255 e. The molecule has 4 N–H and O–H groups in total. The molecule has 1 fully saturated rings. The molecule has 0 atom stereocenters. The van der Waals surface area contributed by atoms with E-state index in [-0.39, 0.29) is 17.2 Å². The maximum atomic E-state index is 12.3. The van der Waals surface area contributed by atoms with Crippen LogP contribution in [0.3, 0.4) is 0 Å². The summed E-state index contributed by atoms with van der Waals surface area (Å²) in [5, 5.41) is 12.7. The van der Waals surface area contributed by atoms with Crippen molar-refractivity contribution in [1.82, 2.24) is 5.32 Å². The molecule has 0 bridgehead atoms. The molecule has 1 aliphatic rings. The van der Waals surface area contributed by atoms with Crippen LogP contribution in [-0.2, 0) is 0 Å². The van der Waals surface area contributed by atoms with E-state index < -0.39 is 5.54 Å². The zero-order valence-corrected chi connectivity index (χ0v) is 11.7. The molecular weight excluding hydrogens is 260 g/mol. The third-order valence-electron chi connectivity index (χ3n) is 3.68. The Bertz CT molecular complexity index is 522. The zero-order valence-electron chi connectivity index (χ0n) is 10.9. The highest BCUT2D eigenvalue weighted by atomic mass is 32.1. The molecule has 1 amide bonds. The van der Waals surface area contributed by atoms with Gasteiger partial charge in [-0.05, 0) is 31.9 Å². The Labute approximate surface area is 118 Å². The molecular formula is C14H18N2O2S. The molecule has 0 radical (unpaired) electrons. The van der Waals surface area contributed by atoms with Crippen molar-refractivity contribution in [3.63, 3.8) is 0 Å². The van der Waals surface area contributed by atoms with Gasteiger partial charge in [0.2, 0.25) is 0 Å². The zero-order chi connectivity index (χ0) is 14.0. The first-order chi connectivity index (χ1) is 8.94. The lowest BCUT2D eigenvalue weighted by atomic mass is 9.96. The summed E-state index contributed by atoms with van der Waals surface area (Å²) < 4.78 is 0. The van der Waals surface area contributed by atoms with E-state index in [0.717, 1.165) is 31.2 Å². The SMILES string of the molecule is Cc1ccc(O)c(C(=O)NC2(C(N)=S)CCCC2)c1. The van der Waals surface area contributed by atoms with E-state index in [9.17, 15) is 9.90 Å². The third-order valence-corrected chi connectivity index (χ3v) is 4.07. The number of aromatic hydroxyl groups is 1. The van der Waals surface area contributed by atoms with Crippen LogP contribution in [0.5, 0.6) is 5.75 Å². The first-order valence-corrected chi connectivity index (χ1v) is 6.77. The maximum absolute atomic E-state index is 12.3. The van der Waals surface area contributed by atoms with Crippen LogP contribution < -0.4 is 11.1 Å². The van der Waals surface area contributed by atoms with Gasteiger partial charge in [0.05, 0.1) is 16.1 Å². The molecule has 0 unspecified atom stereocenters. The lowest BCUT2D eigenvalue weighted by molar-refractivity contribution is 0.0921. The monoisotopic (exact) mass is 278 g/mol. The van der Waals surface area contributed by atoms with Gasteiger partial charge in [-0.1, -0.05) is 36.7 Å².